The van der Waals surface area contributed by atoms with E-state index in [1.807, 2.05) is 37.3 Å². The Morgan fingerprint density at radius 2 is 1.61 bits per heavy atom. The van der Waals surface area contributed by atoms with Crippen LogP contribution in [0.25, 0.3) is 0 Å². The van der Waals surface area contributed by atoms with E-state index in [1.165, 1.54) is 0 Å². The molecule has 31 heavy (non-hydrogen) atoms. The summed E-state index contributed by atoms with van der Waals surface area (Å²) in [5.74, 6) is 0. The van der Waals surface area contributed by atoms with Gasteiger partial charge in [-0.25, -0.2) is 0 Å². The number of benzene rings is 2. The van der Waals surface area contributed by atoms with Crippen LogP contribution in [0, 0.1) is 0 Å². The highest BCUT2D eigenvalue weighted by atomic mass is 35.5. The maximum Gasteiger partial charge on any atom is 0.274 e. The normalized spacial score (nSPS) is 17.6. The summed E-state index contributed by atoms with van der Waals surface area (Å²) >= 11 is 12.0. The van der Waals surface area contributed by atoms with Crippen LogP contribution in [-0.4, -0.2) is 38.0 Å². The first kappa shape index (κ1) is 24.0. The largest absolute Gasteiger partial charge is 0.389 e. The zero-order valence-electron chi connectivity index (χ0n) is 17.0. The van der Waals surface area contributed by atoms with Gasteiger partial charge in [-0.3, -0.25) is 4.18 Å². The fraction of sp³-hybridized carbons (Fsp3) is 0.304. The standard InChI is InChI=1S/C23H25Cl2NO4S/c1-16-2-12-22(13-3-16)31(28,29)30-15-21(27)14-26-23(17-4-8-19(24)9-5-17)18-6-10-20(25)11-7-18/h2-12,21-23,26-27H,13-15H2,1H3. The average Bonchev–Trinajstić information content (AvgIpc) is 2.75. The summed E-state index contributed by atoms with van der Waals surface area (Å²) in [4.78, 5) is 0. The Hall–Kier alpha value is -1.67. The minimum Gasteiger partial charge on any atom is -0.389 e. The second-order valence-corrected chi connectivity index (χ2v) is 10.2. The van der Waals surface area contributed by atoms with Gasteiger partial charge in [0.1, 0.15) is 5.25 Å². The SMILES string of the molecule is CC1=CCC(S(=O)(=O)OCC(O)CNC(c2ccc(Cl)cc2)c2ccc(Cl)cc2)C=C1. The zero-order chi connectivity index (χ0) is 22.4. The van der Waals surface area contributed by atoms with Crippen molar-refractivity contribution in [3.05, 3.63) is 93.5 Å². The molecule has 166 valence electrons. The Labute approximate surface area is 193 Å². The van der Waals surface area contributed by atoms with Crippen LogP contribution in [0.3, 0.4) is 0 Å². The fourth-order valence-electron chi connectivity index (χ4n) is 3.23. The van der Waals surface area contributed by atoms with Crippen molar-refractivity contribution in [3.8, 4) is 0 Å². The molecule has 1 aliphatic carbocycles. The molecule has 1 aliphatic rings. The number of rotatable bonds is 9. The molecule has 0 spiro atoms. The van der Waals surface area contributed by atoms with Crippen LogP contribution < -0.4 is 5.32 Å². The van der Waals surface area contributed by atoms with Gasteiger partial charge in [0.2, 0.25) is 0 Å². The molecule has 0 saturated heterocycles. The molecular formula is C23H25Cl2NO4S. The molecule has 2 aromatic carbocycles. The minimum absolute atomic E-state index is 0.130. The van der Waals surface area contributed by atoms with E-state index in [1.54, 1.807) is 36.4 Å². The van der Waals surface area contributed by atoms with Gasteiger partial charge in [-0.2, -0.15) is 8.42 Å². The molecule has 0 saturated carbocycles. The maximum absolute atomic E-state index is 12.4. The molecule has 5 nitrogen and oxygen atoms in total. The lowest BCUT2D eigenvalue weighted by Crippen LogP contribution is -2.35. The van der Waals surface area contributed by atoms with Crippen LogP contribution in [0.4, 0.5) is 0 Å². The van der Waals surface area contributed by atoms with Crippen molar-refractivity contribution in [2.45, 2.75) is 30.7 Å². The van der Waals surface area contributed by atoms with Gasteiger partial charge in [0.15, 0.2) is 0 Å². The van der Waals surface area contributed by atoms with E-state index in [9.17, 15) is 13.5 Å². The smallest absolute Gasteiger partial charge is 0.274 e. The van der Waals surface area contributed by atoms with E-state index in [-0.39, 0.29) is 19.2 Å². The highest BCUT2D eigenvalue weighted by Crippen LogP contribution is 2.25. The number of nitrogens with one attached hydrogen (secondary N) is 1. The number of aliphatic hydroxyl groups is 1. The molecule has 2 atom stereocenters. The molecule has 0 amide bonds. The van der Waals surface area contributed by atoms with Crippen LogP contribution in [0.5, 0.6) is 0 Å². The number of hydrogen-bond acceptors (Lipinski definition) is 5. The molecule has 0 aliphatic heterocycles. The first-order valence-electron chi connectivity index (χ1n) is 9.90. The number of hydrogen-bond donors (Lipinski definition) is 2. The van der Waals surface area contributed by atoms with Crippen molar-refractivity contribution in [2.24, 2.45) is 0 Å². The summed E-state index contributed by atoms with van der Waals surface area (Å²) in [6.07, 6.45) is 4.59. The summed E-state index contributed by atoms with van der Waals surface area (Å²) in [5, 5.41) is 14.2. The second kappa shape index (κ2) is 10.8. The molecule has 0 heterocycles. The van der Waals surface area contributed by atoms with Gasteiger partial charge in [-0.15, -0.1) is 0 Å². The lowest BCUT2D eigenvalue weighted by Gasteiger charge is -2.22. The average molecular weight is 482 g/mol. The lowest BCUT2D eigenvalue weighted by molar-refractivity contribution is 0.107. The lowest BCUT2D eigenvalue weighted by atomic mass is 9.98. The topological polar surface area (TPSA) is 75.6 Å². The van der Waals surface area contributed by atoms with E-state index < -0.39 is 21.5 Å². The Morgan fingerprint density at radius 1 is 1.06 bits per heavy atom. The van der Waals surface area contributed by atoms with E-state index in [0.29, 0.717) is 16.5 Å². The van der Waals surface area contributed by atoms with Crippen LogP contribution >= 0.6 is 23.2 Å². The van der Waals surface area contributed by atoms with E-state index in [0.717, 1.165) is 16.7 Å². The highest BCUT2D eigenvalue weighted by Gasteiger charge is 2.26. The van der Waals surface area contributed by atoms with E-state index in [2.05, 4.69) is 5.32 Å². The minimum atomic E-state index is -3.80. The second-order valence-electron chi connectivity index (χ2n) is 7.46. The van der Waals surface area contributed by atoms with Crippen molar-refractivity contribution in [2.75, 3.05) is 13.2 Å². The summed E-state index contributed by atoms with van der Waals surface area (Å²) < 4.78 is 29.9. The Balaban J connectivity index is 1.62. The predicted octanol–water partition coefficient (Wildman–Crippen LogP) is 4.65. The van der Waals surface area contributed by atoms with Crippen LogP contribution in [0.2, 0.25) is 10.0 Å². The van der Waals surface area contributed by atoms with Crippen LogP contribution in [-0.2, 0) is 14.3 Å². The molecule has 3 rings (SSSR count). The third kappa shape index (κ3) is 6.91. The number of halogens is 2. The van der Waals surface area contributed by atoms with Crippen molar-refractivity contribution in [1.29, 1.82) is 0 Å². The summed E-state index contributed by atoms with van der Waals surface area (Å²) in [6.45, 7) is 1.72. The molecule has 0 radical (unpaired) electrons. The van der Waals surface area contributed by atoms with Crippen molar-refractivity contribution in [1.82, 2.24) is 5.32 Å². The highest BCUT2D eigenvalue weighted by molar-refractivity contribution is 7.87. The van der Waals surface area contributed by atoms with Crippen molar-refractivity contribution < 1.29 is 17.7 Å². The monoisotopic (exact) mass is 481 g/mol. The zero-order valence-corrected chi connectivity index (χ0v) is 19.4. The summed E-state index contributed by atoms with van der Waals surface area (Å²) in [7, 11) is -3.80. The Bertz CT molecular complexity index is 989. The molecule has 0 bridgehead atoms. The van der Waals surface area contributed by atoms with Crippen molar-refractivity contribution in [3.63, 3.8) is 0 Å². The van der Waals surface area contributed by atoms with E-state index in [4.69, 9.17) is 27.4 Å². The van der Waals surface area contributed by atoms with Crippen molar-refractivity contribution >= 4 is 33.3 Å². The molecule has 2 N–H and O–H groups in total. The Kier molecular flexibility index (Phi) is 8.33. The first-order valence-corrected chi connectivity index (χ1v) is 12.1. The Morgan fingerprint density at radius 3 is 2.10 bits per heavy atom. The van der Waals surface area contributed by atoms with Gasteiger partial charge in [-0.05, 0) is 48.7 Å². The van der Waals surface area contributed by atoms with E-state index >= 15 is 0 Å². The predicted molar refractivity (Wildman–Crippen MR) is 125 cm³/mol. The fourth-order valence-corrected chi connectivity index (χ4v) is 4.61. The third-order valence-electron chi connectivity index (χ3n) is 5.01. The van der Waals surface area contributed by atoms with Gasteiger partial charge < -0.3 is 10.4 Å². The van der Waals surface area contributed by atoms with Crippen LogP contribution in [0.1, 0.15) is 30.5 Å². The quantitative estimate of drug-likeness (QED) is 0.509. The summed E-state index contributed by atoms with van der Waals surface area (Å²) in [6, 6.07) is 14.5. The van der Waals surface area contributed by atoms with Gasteiger partial charge in [-0.1, -0.05) is 71.3 Å². The summed E-state index contributed by atoms with van der Waals surface area (Å²) in [5.41, 5.74) is 2.91. The number of allylic oxidation sites excluding steroid dienone is 3. The van der Waals surface area contributed by atoms with Gasteiger partial charge >= 0.3 is 0 Å². The molecular weight excluding hydrogens is 457 g/mol. The number of aliphatic hydroxyl groups excluding tert-OH is 1. The molecule has 0 aromatic heterocycles. The van der Waals surface area contributed by atoms with Gasteiger partial charge in [0, 0.05) is 16.6 Å². The molecule has 0 fully saturated rings. The van der Waals surface area contributed by atoms with Crippen LogP contribution in [0.15, 0.2) is 72.3 Å². The third-order valence-corrected chi connectivity index (χ3v) is 7.07. The first-order chi connectivity index (χ1) is 14.7. The maximum atomic E-state index is 12.4. The molecule has 2 aromatic rings. The van der Waals surface area contributed by atoms with Gasteiger partial charge in [0.05, 0.1) is 18.8 Å². The molecule has 2 unspecified atom stereocenters. The van der Waals surface area contributed by atoms with Gasteiger partial charge in [0.25, 0.3) is 10.1 Å². The molecule has 8 heteroatoms.